The minimum absolute atomic E-state index is 0.0885. The minimum Gasteiger partial charge on any atom is -0.334 e. The molecule has 31 heavy (non-hydrogen) atoms. The molecular formula is C18H14ClN7O5. The van der Waals surface area contributed by atoms with E-state index in [-0.39, 0.29) is 23.7 Å². The monoisotopic (exact) mass is 443 g/mol. The fraction of sp³-hybridized carbons (Fsp3) is 0.0556. The number of aromatic nitrogens is 2. The lowest BCUT2D eigenvalue weighted by Gasteiger charge is -2.11. The number of hydrogen-bond acceptors (Lipinski definition) is 9. The summed E-state index contributed by atoms with van der Waals surface area (Å²) in [5.41, 5.74) is 5.19. The van der Waals surface area contributed by atoms with Crippen LogP contribution in [0.15, 0.2) is 54.9 Å². The maximum absolute atomic E-state index is 12.1. The second kappa shape index (κ2) is 9.45. The quantitative estimate of drug-likeness (QED) is 0.349. The first-order valence-corrected chi connectivity index (χ1v) is 9.01. The summed E-state index contributed by atoms with van der Waals surface area (Å²) in [4.78, 5) is 40.9. The minimum atomic E-state index is -0.691. The molecule has 3 aromatic rings. The van der Waals surface area contributed by atoms with Crippen molar-refractivity contribution in [3.8, 4) is 0 Å². The molecule has 0 aliphatic heterocycles. The van der Waals surface area contributed by atoms with E-state index in [1.807, 2.05) is 0 Å². The van der Waals surface area contributed by atoms with Gasteiger partial charge < -0.3 is 5.32 Å². The van der Waals surface area contributed by atoms with Gasteiger partial charge in [-0.1, -0.05) is 23.7 Å². The van der Waals surface area contributed by atoms with Gasteiger partial charge >= 0.3 is 5.69 Å². The van der Waals surface area contributed by atoms with Crippen LogP contribution >= 0.6 is 11.6 Å². The third kappa shape index (κ3) is 5.61. The predicted molar refractivity (Wildman–Crippen MR) is 112 cm³/mol. The summed E-state index contributed by atoms with van der Waals surface area (Å²) in [6.45, 7) is 0. The first-order chi connectivity index (χ1) is 14.8. The van der Waals surface area contributed by atoms with Gasteiger partial charge in [0.1, 0.15) is 6.33 Å². The summed E-state index contributed by atoms with van der Waals surface area (Å²) in [7, 11) is 0. The summed E-state index contributed by atoms with van der Waals surface area (Å²) in [5, 5.41) is 25.5. The number of benzene rings is 2. The molecule has 0 saturated carbocycles. The van der Waals surface area contributed by atoms with E-state index in [9.17, 15) is 25.0 Å². The van der Waals surface area contributed by atoms with Crippen molar-refractivity contribution in [1.29, 1.82) is 0 Å². The number of nitrogens with one attached hydrogen (secondary N) is 3. The van der Waals surface area contributed by atoms with Crippen LogP contribution < -0.4 is 16.2 Å². The number of amides is 1. The van der Waals surface area contributed by atoms with Crippen LogP contribution in [0.2, 0.25) is 5.02 Å². The van der Waals surface area contributed by atoms with E-state index in [0.717, 1.165) is 6.33 Å². The molecule has 0 unspecified atom stereocenters. The number of carbonyl (C=O) groups is 1. The average molecular weight is 444 g/mol. The Hall–Kier alpha value is -4.32. The van der Waals surface area contributed by atoms with Crippen LogP contribution in [-0.4, -0.2) is 25.7 Å². The van der Waals surface area contributed by atoms with E-state index < -0.39 is 21.4 Å². The topological polar surface area (TPSA) is 165 Å². The lowest BCUT2D eigenvalue weighted by atomic mass is 10.1. The van der Waals surface area contributed by atoms with Gasteiger partial charge in [0.2, 0.25) is 17.5 Å². The van der Waals surface area contributed by atoms with Gasteiger partial charge in [0.05, 0.1) is 16.3 Å². The van der Waals surface area contributed by atoms with Gasteiger partial charge in [-0.2, -0.15) is 0 Å². The second-order valence-electron chi connectivity index (χ2n) is 6.08. The van der Waals surface area contributed by atoms with Gasteiger partial charge in [0, 0.05) is 22.8 Å². The first kappa shape index (κ1) is 21.4. The number of nitrogens with zero attached hydrogens (tertiary/aromatic N) is 4. The molecule has 0 spiro atoms. The van der Waals surface area contributed by atoms with Crippen molar-refractivity contribution in [1.82, 2.24) is 15.4 Å². The number of halogens is 1. The molecule has 1 heterocycles. The molecule has 13 heteroatoms. The summed E-state index contributed by atoms with van der Waals surface area (Å²) >= 11 is 5.83. The van der Waals surface area contributed by atoms with Crippen LogP contribution in [0, 0.1) is 20.2 Å². The number of nitro groups is 2. The van der Waals surface area contributed by atoms with E-state index in [4.69, 9.17) is 11.6 Å². The number of carbonyl (C=O) groups excluding carboxylic acids is 1. The number of nitro benzene ring substituents is 1. The SMILES string of the molecule is O=C(Cc1ccc([N+](=O)[O-])cc1)NNc1ncnc(Nc2ccc(Cl)cc2)c1[N+](=O)[O-]. The number of rotatable bonds is 8. The standard InChI is InChI=1S/C18H14ClN7O5/c19-12-3-5-13(6-4-12)22-17-16(26(30)31)18(21-10-20-17)24-23-15(27)9-11-1-7-14(8-2-11)25(28)29/h1-8,10H,9H2,(H,23,27)(H2,20,21,22,24). The smallest absolute Gasteiger partial charge is 0.334 e. The maximum Gasteiger partial charge on any atom is 0.355 e. The van der Waals surface area contributed by atoms with Gasteiger partial charge in [-0.05, 0) is 29.8 Å². The highest BCUT2D eigenvalue weighted by atomic mass is 35.5. The summed E-state index contributed by atoms with van der Waals surface area (Å²) in [5.74, 6) is -0.850. The van der Waals surface area contributed by atoms with Crippen molar-refractivity contribution in [3.05, 3.63) is 85.7 Å². The first-order valence-electron chi connectivity index (χ1n) is 8.63. The molecule has 12 nitrogen and oxygen atoms in total. The van der Waals surface area contributed by atoms with Gasteiger partial charge in [-0.3, -0.25) is 35.9 Å². The Kier molecular flexibility index (Phi) is 6.52. The third-order valence-electron chi connectivity index (χ3n) is 3.94. The normalized spacial score (nSPS) is 10.2. The van der Waals surface area contributed by atoms with E-state index in [0.29, 0.717) is 16.3 Å². The zero-order valence-electron chi connectivity index (χ0n) is 15.6. The van der Waals surface area contributed by atoms with E-state index >= 15 is 0 Å². The second-order valence-corrected chi connectivity index (χ2v) is 6.52. The van der Waals surface area contributed by atoms with Crippen molar-refractivity contribution in [2.24, 2.45) is 0 Å². The Morgan fingerprint density at radius 3 is 2.19 bits per heavy atom. The van der Waals surface area contributed by atoms with Crippen LogP contribution in [0.25, 0.3) is 0 Å². The van der Waals surface area contributed by atoms with Gasteiger partial charge in [0.25, 0.3) is 5.69 Å². The van der Waals surface area contributed by atoms with Crippen molar-refractivity contribution < 1.29 is 14.6 Å². The van der Waals surface area contributed by atoms with Gasteiger partial charge in [0.15, 0.2) is 0 Å². The molecule has 2 aromatic carbocycles. The Morgan fingerprint density at radius 2 is 1.58 bits per heavy atom. The Morgan fingerprint density at radius 1 is 0.935 bits per heavy atom. The van der Waals surface area contributed by atoms with Crippen LogP contribution in [0.3, 0.4) is 0 Å². The van der Waals surface area contributed by atoms with Crippen LogP contribution in [0.4, 0.5) is 28.7 Å². The summed E-state index contributed by atoms with van der Waals surface area (Å²) in [6, 6.07) is 11.9. The molecule has 0 aliphatic rings. The highest BCUT2D eigenvalue weighted by Crippen LogP contribution is 2.31. The third-order valence-corrected chi connectivity index (χ3v) is 4.20. The fourth-order valence-electron chi connectivity index (χ4n) is 2.50. The van der Waals surface area contributed by atoms with Crippen molar-refractivity contribution >= 4 is 46.2 Å². The number of anilines is 3. The van der Waals surface area contributed by atoms with E-state index in [2.05, 4.69) is 26.1 Å². The van der Waals surface area contributed by atoms with Gasteiger partial charge in [-0.25, -0.2) is 9.97 Å². The van der Waals surface area contributed by atoms with Crippen LogP contribution in [0.5, 0.6) is 0 Å². The molecular weight excluding hydrogens is 430 g/mol. The lowest BCUT2D eigenvalue weighted by Crippen LogP contribution is -2.31. The number of hydrogen-bond donors (Lipinski definition) is 3. The van der Waals surface area contributed by atoms with Crippen molar-refractivity contribution in [2.75, 3.05) is 10.7 Å². The zero-order valence-corrected chi connectivity index (χ0v) is 16.4. The molecule has 0 saturated heterocycles. The highest BCUT2D eigenvalue weighted by Gasteiger charge is 2.23. The van der Waals surface area contributed by atoms with Gasteiger partial charge in [-0.15, -0.1) is 0 Å². The Balaban J connectivity index is 1.70. The molecule has 3 rings (SSSR count). The Bertz CT molecular complexity index is 1120. The van der Waals surface area contributed by atoms with Crippen LogP contribution in [0.1, 0.15) is 5.56 Å². The molecule has 158 valence electrons. The van der Waals surface area contributed by atoms with E-state index in [1.165, 1.54) is 24.3 Å². The molecule has 0 fully saturated rings. The summed E-state index contributed by atoms with van der Waals surface area (Å²) in [6.07, 6.45) is 0.982. The molecule has 0 atom stereocenters. The number of hydrazine groups is 1. The number of non-ortho nitro benzene ring substituents is 1. The predicted octanol–water partition coefficient (Wildman–Crippen LogP) is 3.38. The van der Waals surface area contributed by atoms with E-state index in [1.54, 1.807) is 24.3 Å². The molecule has 1 aromatic heterocycles. The summed E-state index contributed by atoms with van der Waals surface area (Å²) < 4.78 is 0. The maximum atomic E-state index is 12.1. The molecule has 0 aliphatic carbocycles. The fourth-order valence-corrected chi connectivity index (χ4v) is 2.62. The molecule has 3 N–H and O–H groups in total. The van der Waals surface area contributed by atoms with Crippen molar-refractivity contribution in [3.63, 3.8) is 0 Å². The Labute approximate surface area is 179 Å². The van der Waals surface area contributed by atoms with Crippen LogP contribution in [-0.2, 0) is 11.2 Å². The molecule has 0 radical (unpaired) electrons. The molecule has 0 bridgehead atoms. The molecule has 1 amide bonds. The van der Waals surface area contributed by atoms with Crippen molar-refractivity contribution in [2.45, 2.75) is 6.42 Å². The largest absolute Gasteiger partial charge is 0.355 e. The average Bonchev–Trinajstić information content (AvgIpc) is 2.74. The highest BCUT2D eigenvalue weighted by molar-refractivity contribution is 6.30. The lowest BCUT2D eigenvalue weighted by molar-refractivity contribution is -0.384. The zero-order chi connectivity index (χ0) is 22.4.